The molecule has 0 saturated carbocycles. The van der Waals surface area contributed by atoms with Crippen molar-refractivity contribution < 1.29 is 18.0 Å². The Morgan fingerprint density at radius 1 is 1.30 bits per heavy atom. The maximum atomic E-state index is 12.3. The fraction of sp³-hybridized carbons (Fsp3) is 0.273. The van der Waals surface area contributed by atoms with E-state index in [0.717, 1.165) is 5.56 Å². The predicted molar refractivity (Wildman–Crippen MR) is 62.6 cm³/mol. The van der Waals surface area contributed by atoms with Gasteiger partial charge in [0.1, 0.15) is 0 Å². The van der Waals surface area contributed by atoms with E-state index in [2.05, 4.69) is 20.4 Å². The van der Waals surface area contributed by atoms with Crippen LogP contribution in [0.15, 0.2) is 24.5 Å². The molecule has 106 valence electrons. The SMILES string of the molecule is O=C(CCc1ccncc1)Nc1n[nH]c(C(F)(F)F)n1. The zero-order valence-corrected chi connectivity index (χ0v) is 10.1. The minimum absolute atomic E-state index is 0.111. The molecular formula is C11H10F3N5O. The summed E-state index contributed by atoms with van der Waals surface area (Å²) in [5, 5.41) is 7.19. The van der Waals surface area contributed by atoms with Crippen molar-refractivity contribution in [3.8, 4) is 0 Å². The van der Waals surface area contributed by atoms with E-state index < -0.39 is 23.9 Å². The normalized spacial score (nSPS) is 11.3. The monoisotopic (exact) mass is 285 g/mol. The van der Waals surface area contributed by atoms with Crippen molar-refractivity contribution in [2.75, 3.05) is 5.32 Å². The first-order chi connectivity index (χ1) is 9.45. The lowest BCUT2D eigenvalue weighted by molar-refractivity contribution is -0.144. The van der Waals surface area contributed by atoms with Crippen molar-refractivity contribution in [3.63, 3.8) is 0 Å². The number of alkyl halides is 3. The van der Waals surface area contributed by atoms with Crippen LogP contribution >= 0.6 is 0 Å². The number of aromatic nitrogens is 4. The maximum Gasteiger partial charge on any atom is 0.451 e. The number of hydrogen-bond donors (Lipinski definition) is 2. The standard InChI is InChI=1S/C11H10F3N5O/c12-11(13,14)9-17-10(19-18-9)16-8(20)2-1-7-3-5-15-6-4-7/h3-6H,1-2H2,(H2,16,17,18,19,20). The number of H-pyrrole nitrogens is 1. The van der Waals surface area contributed by atoms with Crippen LogP contribution in [0.1, 0.15) is 17.8 Å². The highest BCUT2D eigenvalue weighted by Crippen LogP contribution is 2.26. The molecule has 2 N–H and O–H groups in total. The predicted octanol–water partition coefficient (Wildman–Crippen LogP) is 1.79. The van der Waals surface area contributed by atoms with Crippen LogP contribution in [-0.2, 0) is 17.4 Å². The molecule has 2 aromatic heterocycles. The largest absolute Gasteiger partial charge is 0.451 e. The topological polar surface area (TPSA) is 83.6 Å². The van der Waals surface area contributed by atoms with Gasteiger partial charge >= 0.3 is 6.18 Å². The van der Waals surface area contributed by atoms with Gasteiger partial charge in [0.25, 0.3) is 0 Å². The lowest BCUT2D eigenvalue weighted by Crippen LogP contribution is -2.14. The Hall–Kier alpha value is -2.45. The Morgan fingerprint density at radius 3 is 2.60 bits per heavy atom. The molecular weight excluding hydrogens is 275 g/mol. The highest BCUT2D eigenvalue weighted by Gasteiger charge is 2.35. The first kappa shape index (κ1) is 14.0. The molecule has 2 heterocycles. The third kappa shape index (κ3) is 3.77. The Balaban J connectivity index is 1.87. The molecule has 0 aromatic carbocycles. The highest BCUT2D eigenvalue weighted by atomic mass is 19.4. The van der Waals surface area contributed by atoms with Gasteiger partial charge in [-0.15, -0.1) is 5.10 Å². The highest BCUT2D eigenvalue weighted by molar-refractivity contribution is 5.88. The second-order valence-electron chi connectivity index (χ2n) is 3.91. The molecule has 0 spiro atoms. The molecule has 0 fully saturated rings. The van der Waals surface area contributed by atoms with Gasteiger partial charge in [-0.1, -0.05) is 0 Å². The minimum Gasteiger partial charge on any atom is -0.293 e. The molecule has 0 aliphatic heterocycles. The molecule has 2 aromatic rings. The fourth-order valence-corrected chi connectivity index (χ4v) is 1.44. The number of aromatic amines is 1. The summed E-state index contributed by atoms with van der Waals surface area (Å²) in [7, 11) is 0. The number of pyridine rings is 1. The van der Waals surface area contributed by atoms with E-state index in [-0.39, 0.29) is 6.42 Å². The number of nitrogens with one attached hydrogen (secondary N) is 2. The van der Waals surface area contributed by atoms with Crippen molar-refractivity contribution >= 4 is 11.9 Å². The van der Waals surface area contributed by atoms with Gasteiger partial charge in [0.2, 0.25) is 17.7 Å². The van der Waals surface area contributed by atoms with E-state index in [1.54, 1.807) is 29.6 Å². The molecule has 0 radical (unpaired) electrons. The molecule has 6 nitrogen and oxygen atoms in total. The molecule has 0 saturated heterocycles. The number of rotatable bonds is 4. The number of carbonyl (C=O) groups is 1. The van der Waals surface area contributed by atoms with E-state index in [1.807, 2.05) is 0 Å². The quantitative estimate of drug-likeness (QED) is 0.897. The minimum atomic E-state index is -4.62. The summed E-state index contributed by atoms with van der Waals surface area (Å²) >= 11 is 0. The van der Waals surface area contributed by atoms with Crippen LogP contribution in [0.3, 0.4) is 0 Å². The van der Waals surface area contributed by atoms with Crippen LogP contribution in [0.2, 0.25) is 0 Å². The van der Waals surface area contributed by atoms with Crippen molar-refractivity contribution in [1.82, 2.24) is 20.2 Å². The molecule has 2 rings (SSSR count). The van der Waals surface area contributed by atoms with Gasteiger partial charge in [-0.05, 0) is 24.1 Å². The van der Waals surface area contributed by atoms with E-state index in [0.29, 0.717) is 6.42 Å². The lowest BCUT2D eigenvalue weighted by atomic mass is 10.1. The fourth-order valence-electron chi connectivity index (χ4n) is 1.44. The summed E-state index contributed by atoms with van der Waals surface area (Å²) in [6.45, 7) is 0. The van der Waals surface area contributed by atoms with Crippen LogP contribution in [0.25, 0.3) is 0 Å². The number of anilines is 1. The van der Waals surface area contributed by atoms with Gasteiger partial charge in [-0.3, -0.25) is 20.2 Å². The molecule has 9 heteroatoms. The van der Waals surface area contributed by atoms with Crippen molar-refractivity contribution in [3.05, 3.63) is 35.9 Å². The smallest absolute Gasteiger partial charge is 0.293 e. The molecule has 0 aliphatic rings. The number of carbonyl (C=O) groups excluding carboxylic acids is 1. The third-order valence-corrected chi connectivity index (χ3v) is 2.40. The van der Waals surface area contributed by atoms with E-state index in [1.165, 1.54) is 0 Å². The number of amides is 1. The van der Waals surface area contributed by atoms with Gasteiger partial charge in [0.05, 0.1) is 0 Å². The zero-order valence-electron chi connectivity index (χ0n) is 10.1. The lowest BCUT2D eigenvalue weighted by Gasteiger charge is -2.01. The number of nitrogens with zero attached hydrogens (tertiary/aromatic N) is 3. The summed E-state index contributed by atoms with van der Waals surface area (Å²) in [6.07, 6.45) is -0.867. The molecule has 1 amide bonds. The summed E-state index contributed by atoms with van der Waals surface area (Å²) in [6, 6.07) is 3.50. The van der Waals surface area contributed by atoms with Crippen molar-refractivity contribution in [2.45, 2.75) is 19.0 Å². The Kier molecular flexibility index (Phi) is 3.97. The second kappa shape index (κ2) is 5.68. The van der Waals surface area contributed by atoms with Gasteiger partial charge in [0, 0.05) is 18.8 Å². The van der Waals surface area contributed by atoms with E-state index in [4.69, 9.17) is 0 Å². The zero-order chi connectivity index (χ0) is 14.6. The van der Waals surface area contributed by atoms with Gasteiger partial charge in [-0.25, -0.2) is 0 Å². The van der Waals surface area contributed by atoms with Crippen LogP contribution in [-0.4, -0.2) is 26.1 Å². The molecule has 0 unspecified atom stereocenters. The van der Waals surface area contributed by atoms with Gasteiger partial charge < -0.3 is 0 Å². The Bertz CT molecular complexity index is 581. The van der Waals surface area contributed by atoms with Gasteiger partial charge in [-0.2, -0.15) is 18.2 Å². The van der Waals surface area contributed by atoms with Crippen LogP contribution < -0.4 is 5.32 Å². The first-order valence-electron chi connectivity index (χ1n) is 5.63. The van der Waals surface area contributed by atoms with Crippen molar-refractivity contribution in [2.24, 2.45) is 0 Å². The summed E-state index contributed by atoms with van der Waals surface area (Å²) < 4.78 is 36.8. The average molecular weight is 285 g/mol. The van der Waals surface area contributed by atoms with E-state index >= 15 is 0 Å². The van der Waals surface area contributed by atoms with Crippen molar-refractivity contribution in [1.29, 1.82) is 0 Å². The number of hydrogen-bond acceptors (Lipinski definition) is 4. The molecule has 20 heavy (non-hydrogen) atoms. The number of halogens is 3. The summed E-state index contributed by atoms with van der Waals surface area (Å²) in [5.74, 6) is -2.10. The molecule has 0 atom stereocenters. The van der Waals surface area contributed by atoms with Crippen LogP contribution in [0.5, 0.6) is 0 Å². The third-order valence-electron chi connectivity index (χ3n) is 2.40. The Labute approximate surface area is 111 Å². The summed E-state index contributed by atoms with van der Waals surface area (Å²) in [5.41, 5.74) is 0.904. The van der Waals surface area contributed by atoms with Gasteiger partial charge in [0.15, 0.2) is 0 Å². The Morgan fingerprint density at radius 2 is 2.00 bits per heavy atom. The molecule has 0 bridgehead atoms. The van der Waals surface area contributed by atoms with E-state index in [9.17, 15) is 18.0 Å². The maximum absolute atomic E-state index is 12.3. The second-order valence-corrected chi connectivity index (χ2v) is 3.91. The number of aryl methyl sites for hydroxylation is 1. The average Bonchev–Trinajstić information content (AvgIpc) is 2.86. The summed E-state index contributed by atoms with van der Waals surface area (Å²) in [4.78, 5) is 18.5. The van der Waals surface area contributed by atoms with Crippen LogP contribution in [0.4, 0.5) is 19.1 Å². The van der Waals surface area contributed by atoms with Crippen LogP contribution in [0, 0.1) is 0 Å². The first-order valence-corrected chi connectivity index (χ1v) is 5.63. The molecule has 0 aliphatic carbocycles.